The first-order valence-corrected chi connectivity index (χ1v) is 11.8. The van der Waals surface area contributed by atoms with Gasteiger partial charge in [0.05, 0.1) is 0 Å². The van der Waals surface area contributed by atoms with E-state index in [-0.39, 0.29) is 22.2 Å². The first kappa shape index (κ1) is 27.1. The molecule has 4 nitrogen and oxygen atoms in total. The summed E-state index contributed by atoms with van der Waals surface area (Å²) in [7, 11) is 0. The second kappa shape index (κ2) is 11.1. The van der Waals surface area contributed by atoms with Crippen LogP contribution in [0.4, 0.5) is 0 Å². The zero-order valence-electron chi connectivity index (χ0n) is 21.1. The lowest BCUT2D eigenvalue weighted by atomic mass is 9.86. The monoisotopic (exact) mass is 418 g/mol. The molecule has 0 saturated carbocycles. The van der Waals surface area contributed by atoms with Crippen LogP contribution >= 0.6 is 0 Å². The van der Waals surface area contributed by atoms with Gasteiger partial charge in [0, 0.05) is 22.2 Å². The molecule has 4 heteroatoms. The quantitative estimate of drug-likeness (QED) is 0.326. The van der Waals surface area contributed by atoms with Gasteiger partial charge in [-0.25, -0.2) is 0 Å². The highest BCUT2D eigenvalue weighted by Gasteiger charge is 2.24. The lowest BCUT2D eigenvalue weighted by Crippen LogP contribution is -2.45. The summed E-state index contributed by atoms with van der Waals surface area (Å²) in [6, 6.07) is 9.07. The van der Waals surface area contributed by atoms with E-state index in [2.05, 4.69) is 90.3 Å². The van der Waals surface area contributed by atoms with E-state index in [0.717, 1.165) is 51.6 Å². The van der Waals surface area contributed by atoms with Crippen molar-refractivity contribution in [1.29, 1.82) is 0 Å². The fourth-order valence-electron chi connectivity index (χ4n) is 3.81. The molecule has 1 aromatic rings. The van der Waals surface area contributed by atoms with Gasteiger partial charge >= 0.3 is 0 Å². The van der Waals surface area contributed by atoms with E-state index in [4.69, 9.17) is 11.5 Å². The first-order chi connectivity index (χ1) is 13.7. The van der Waals surface area contributed by atoms with Gasteiger partial charge in [-0.15, -0.1) is 0 Å². The van der Waals surface area contributed by atoms with E-state index >= 15 is 0 Å². The van der Waals surface area contributed by atoms with E-state index in [9.17, 15) is 0 Å². The van der Waals surface area contributed by atoms with Gasteiger partial charge in [-0.3, -0.25) is 0 Å². The molecule has 0 amide bonds. The molecule has 1 atom stereocenters. The van der Waals surface area contributed by atoms with E-state index in [1.165, 1.54) is 11.1 Å². The second-order valence-corrected chi connectivity index (χ2v) is 11.5. The maximum absolute atomic E-state index is 6.12. The van der Waals surface area contributed by atoms with Crippen LogP contribution in [-0.4, -0.2) is 29.7 Å². The number of benzene rings is 1. The molecule has 174 valence electrons. The van der Waals surface area contributed by atoms with Crippen molar-refractivity contribution in [2.45, 2.75) is 116 Å². The van der Waals surface area contributed by atoms with Crippen LogP contribution in [0.3, 0.4) is 0 Å². The topological polar surface area (TPSA) is 76.1 Å². The molecule has 0 aliphatic rings. The fourth-order valence-corrected chi connectivity index (χ4v) is 3.81. The van der Waals surface area contributed by atoms with Crippen LogP contribution in [0.1, 0.15) is 98.6 Å². The lowest BCUT2D eigenvalue weighted by Gasteiger charge is -2.32. The molecule has 0 spiro atoms. The summed E-state index contributed by atoms with van der Waals surface area (Å²) in [5, 5.41) is 7.52. The van der Waals surface area contributed by atoms with Crippen LogP contribution < -0.4 is 22.1 Å². The van der Waals surface area contributed by atoms with Crippen molar-refractivity contribution < 1.29 is 0 Å². The molecule has 30 heavy (non-hydrogen) atoms. The summed E-state index contributed by atoms with van der Waals surface area (Å²) < 4.78 is 0. The number of hydrogen-bond acceptors (Lipinski definition) is 4. The molecule has 0 fully saturated rings. The van der Waals surface area contributed by atoms with Gasteiger partial charge in [0.1, 0.15) is 0 Å². The summed E-state index contributed by atoms with van der Waals surface area (Å²) in [5.74, 6) is 0. The molecule has 0 radical (unpaired) electrons. The highest BCUT2D eigenvalue weighted by atomic mass is 15.0. The molecule has 1 rings (SSSR count). The standard InChI is InChI=1S/C26H50N4/c1-9-26(8,30-18-12-16-24(4,5)28)20-21-13-10-14-22(19-21)25(6,7)29-17-11-15-23(2,3)27/h10,13-14,19,29-30H,9,11-12,15-18,20,27-28H2,1-8H3. The Kier molecular flexibility index (Phi) is 10.0. The number of hydrogen-bond donors (Lipinski definition) is 4. The number of nitrogens with two attached hydrogens (primary N) is 2. The Morgan fingerprint density at radius 3 is 1.83 bits per heavy atom. The van der Waals surface area contributed by atoms with Gasteiger partial charge in [0.2, 0.25) is 0 Å². The van der Waals surface area contributed by atoms with Gasteiger partial charge in [-0.1, -0.05) is 31.2 Å². The predicted molar refractivity (Wildman–Crippen MR) is 133 cm³/mol. The Morgan fingerprint density at radius 2 is 1.33 bits per heavy atom. The maximum atomic E-state index is 6.12. The van der Waals surface area contributed by atoms with E-state index in [1.54, 1.807) is 0 Å². The van der Waals surface area contributed by atoms with Crippen LogP contribution in [0, 0.1) is 0 Å². The molecule has 0 heterocycles. The molecule has 0 bridgehead atoms. The van der Waals surface area contributed by atoms with E-state index in [0.29, 0.717) is 0 Å². The highest BCUT2D eigenvalue weighted by molar-refractivity contribution is 5.30. The molecule has 6 N–H and O–H groups in total. The van der Waals surface area contributed by atoms with Crippen molar-refractivity contribution in [3.63, 3.8) is 0 Å². The Hall–Kier alpha value is -0.940. The Morgan fingerprint density at radius 1 is 0.800 bits per heavy atom. The van der Waals surface area contributed by atoms with Gasteiger partial charge in [-0.2, -0.15) is 0 Å². The van der Waals surface area contributed by atoms with E-state index < -0.39 is 0 Å². The minimum Gasteiger partial charge on any atom is -0.326 e. The zero-order valence-corrected chi connectivity index (χ0v) is 21.1. The predicted octanol–water partition coefficient (Wildman–Crippen LogP) is 4.85. The maximum Gasteiger partial charge on any atom is 0.0377 e. The summed E-state index contributed by atoms with van der Waals surface area (Å²) >= 11 is 0. The normalized spacial score (nSPS) is 15.3. The number of rotatable bonds is 14. The summed E-state index contributed by atoms with van der Waals surface area (Å²) in [6.45, 7) is 19.5. The number of nitrogens with one attached hydrogen (secondary N) is 2. The minimum absolute atomic E-state index is 0.0580. The molecular weight excluding hydrogens is 368 g/mol. The molecule has 0 aromatic heterocycles. The Labute approximate surface area is 187 Å². The average molecular weight is 419 g/mol. The Balaban J connectivity index is 2.69. The fraction of sp³-hybridized carbons (Fsp3) is 0.769. The third-order valence-electron chi connectivity index (χ3n) is 6.14. The molecule has 1 aromatic carbocycles. The minimum atomic E-state index is -0.0940. The van der Waals surface area contributed by atoms with Gasteiger partial charge < -0.3 is 22.1 Å². The lowest BCUT2D eigenvalue weighted by molar-refractivity contribution is 0.327. The van der Waals surface area contributed by atoms with Crippen molar-refractivity contribution in [2.75, 3.05) is 13.1 Å². The van der Waals surface area contributed by atoms with Crippen molar-refractivity contribution in [3.8, 4) is 0 Å². The van der Waals surface area contributed by atoms with Crippen LogP contribution in [0.5, 0.6) is 0 Å². The second-order valence-electron chi connectivity index (χ2n) is 11.5. The van der Waals surface area contributed by atoms with Crippen LogP contribution in [-0.2, 0) is 12.0 Å². The molecule has 0 aliphatic carbocycles. The zero-order chi connectivity index (χ0) is 23.1. The van der Waals surface area contributed by atoms with Crippen molar-refractivity contribution in [2.24, 2.45) is 11.5 Å². The van der Waals surface area contributed by atoms with Gasteiger partial charge in [0.25, 0.3) is 0 Å². The van der Waals surface area contributed by atoms with Crippen LogP contribution in [0.2, 0.25) is 0 Å². The van der Waals surface area contributed by atoms with Gasteiger partial charge in [0.15, 0.2) is 0 Å². The Bertz CT molecular complexity index is 625. The first-order valence-electron chi connectivity index (χ1n) is 11.8. The van der Waals surface area contributed by atoms with Gasteiger partial charge in [-0.05, 0) is 111 Å². The molecule has 1 unspecified atom stereocenters. The smallest absolute Gasteiger partial charge is 0.0377 e. The highest BCUT2D eigenvalue weighted by Crippen LogP contribution is 2.24. The van der Waals surface area contributed by atoms with Crippen LogP contribution in [0.15, 0.2) is 24.3 Å². The molecular formula is C26H50N4. The van der Waals surface area contributed by atoms with Crippen molar-refractivity contribution in [3.05, 3.63) is 35.4 Å². The van der Waals surface area contributed by atoms with Crippen LogP contribution in [0.25, 0.3) is 0 Å². The summed E-state index contributed by atoms with van der Waals surface area (Å²) in [4.78, 5) is 0. The largest absolute Gasteiger partial charge is 0.326 e. The average Bonchev–Trinajstić information content (AvgIpc) is 2.61. The van der Waals surface area contributed by atoms with Crippen molar-refractivity contribution >= 4 is 0 Å². The molecule has 0 saturated heterocycles. The van der Waals surface area contributed by atoms with E-state index in [1.807, 2.05) is 0 Å². The third-order valence-corrected chi connectivity index (χ3v) is 6.14. The summed E-state index contributed by atoms with van der Waals surface area (Å²) in [6.07, 6.45) is 6.38. The SMILES string of the molecule is CCC(C)(Cc1cccc(C(C)(C)NCCCC(C)(C)N)c1)NCCCC(C)(C)N. The third kappa shape index (κ3) is 10.9. The van der Waals surface area contributed by atoms with Crippen molar-refractivity contribution in [1.82, 2.24) is 10.6 Å². The summed E-state index contributed by atoms with van der Waals surface area (Å²) in [5.41, 5.74) is 14.8. The molecule has 0 aliphatic heterocycles.